The number of rotatable bonds is 5. The zero-order chi connectivity index (χ0) is 20.3. The molecule has 8 nitrogen and oxygen atoms in total. The molecule has 4 rings (SSSR count). The van der Waals surface area contributed by atoms with Gasteiger partial charge in [0, 0.05) is 36.4 Å². The zero-order valence-corrected chi connectivity index (χ0v) is 16.4. The van der Waals surface area contributed by atoms with Crippen LogP contribution in [0.1, 0.15) is 15.9 Å². The lowest BCUT2D eigenvalue weighted by atomic mass is 10.1. The molecule has 1 N–H and O–H groups in total. The number of hydrogen-bond acceptors (Lipinski definition) is 7. The second kappa shape index (κ2) is 8.14. The Bertz CT molecular complexity index is 1100. The number of carbonyl (C=O) groups excluding carboxylic acids is 1. The Labute approximate surface area is 168 Å². The van der Waals surface area contributed by atoms with Crippen molar-refractivity contribution in [3.05, 3.63) is 66.1 Å². The fourth-order valence-corrected chi connectivity index (χ4v) is 4.49. The fraction of sp³-hybridized carbons (Fsp3) is 0.250. The Morgan fingerprint density at radius 1 is 1.10 bits per heavy atom. The average molecular weight is 412 g/mol. The summed E-state index contributed by atoms with van der Waals surface area (Å²) in [6.45, 7) is 1.64. The Morgan fingerprint density at radius 3 is 2.66 bits per heavy atom. The molecule has 150 valence electrons. The molecule has 1 aliphatic rings. The van der Waals surface area contributed by atoms with Crippen LogP contribution < -0.4 is 5.32 Å². The molecule has 0 spiro atoms. The summed E-state index contributed by atoms with van der Waals surface area (Å²) in [7, 11) is -2.90. The molecule has 0 aliphatic carbocycles. The van der Waals surface area contributed by atoms with Crippen LogP contribution in [0.5, 0.6) is 0 Å². The minimum absolute atomic E-state index is 0.184. The first-order valence-electron chi connectivity index (χ1n) is 9.18. The minimum atomic E-state index is -2.90. The number of hydrogen-bond donors (Lipinski definition) is 1. The monoisotopic (exact) mass is 412 g/mol. The summed E-state index contributed by atoms with van der Waals surface area (Å²) < 4.78 is 28.3. The van der Waals surface area contributed by atoms with Crippen LogP contribution in [0.3, 0.4) is 0 Å². The van der Waals surface area contributed by atoms with Crippen molar-refractivity contribution in [2.24, 2.45) is 0 Å². The van der Waals surface area contributed by atoms with E-state index in [1.807, 2.05) is 24.3 Å². The van der Waals surface area contributed by atoms with Gasteiger partial charge in [0.05, 0.1) is 11.5 Å². The molecule has 0 saturated carbocycles. The third-order valence-corrected chi connectivity index (χ3v) is 6.37. The van der Waals surface area contributed by atoms with Crippen molar-refractivity contribution in [1.82, 2.24) is 15.1 Å². The van der Waals surface area contributed by atoms with Crippen LogP contribution in [0.4, 0.5) is 5.69 Å². The Hall–Kier alpha value is -3.04. The van der Waals surface area contributed by atoms with E-state index in [0.717, 1.165) is 5.56 Å². The molecule has 2 aromatic carbocycles. The zero-order valence-electron chi connectivity index (χ0n) is 15.6. The van der Waals surface area contributed by atoms with Crippen LogP contribution in [0, 0.1) is 0 Å². The Kier molecular flexibility index (Phi) is 5.41. The SMILES string of the molecule is O=C(Nc1cccc(-c2nnco2)c1)c1cccc(CN2CCS(=O)(=O)CC2)c1. The molecule has 1 amide bonds. The molecule has 1 aromatic heterocycles. The van der Waals surface area contributed by atoms with Crippen molar-refractivity contribution in [2.75, 3.05) is 29.9 Å². The first-order chi connectivity index (χ1) is 14.0. The lowest BCUT2D eigenvalue weighted by molar-refractivity contribution is 0.102. The van der Waals surface area contributed by atoms with Gasteiger partial charge >= 0.3 is 0 Å². The van der Waals surface area contributed by atoms with E-state index >= 15 is 0 Å². The number of benzene rings is 2. The minimum Gasteiger partial charge on any atom is -0.423 e. The van der Waals surface area contributed by atoms with E-state index in [0.29, 0.717) is 42.3 Å². The number of carbonyl (C=O) groups is 1. The maximum absolute atomic E-state index is 12.7. The topological polar surface area (TPSA) is 105 Å². The second-order valence-electron chi connectivity index (χ2n) is 6.91. The summed E-state index contributed by atoms with van der Waals surface area (Å²) >= 11 is 0. The standard InChI is InChI=1S/C20H20N4O4S/c25-19(22-18-6-2-5-17(12-18)20-23-21-14-28-20)16-4-1-3-15(11-16)13-24-7-9-29(26,27)10-8-24/h1-6,11-12,14H,7-10,13H2,(H,22,25). The highest BCUT2D eigenvalue weighted by Gasteiger charge is 2.21. The molecule has 0 bridgehead atoms. The summed E-state index contributed by atoms with van der Waals surface area (Å²) in [6, 6.07) is 14.5. The van der Waals surface area contributed by atoms with Crippen molar-refractivity contribution in [1.29, 1.82) is 0 Å². The molecule has 0 unspecified atom stereocenters. The molecule has 1 fully saturated rings. The summed E-state index contributed by atoms with van der Waals surface area (Å²) in [4.78, 5) is 14.8. The van der Waals surface area contributed by atoms with Crippen LogP contribution in [-0.4, -0.2) is 54.0 Å². The molecule has 9 heteroatoms. The first kappa shape index (κ1) is 19.3. The Morgan fingerprint density at radius 2 is 1.90 bits per heavy atom. The molecule has 29 heavy (non-hydrogen) atoms. The molecule has 1 saturated heterocycles. The van der Waals surface area contributed by atoms with Crippen LogP contribution in [-0.2, 0) is 16.4 Å². The van der Waals surface area contributed by atoms with Gasteiger partial charge in [0.2, 0.25) is 12.3 Å². The lowest BCUT2D eigenvalue weighted by Crippen LogP contribution is -2.39. The van der Waals surface area contributed by atoms with Gasteiger partial charge in [-0.05, 0) is 35.9 Å². The quantitative estimate of drug-likeness (QED) is 0.685. The summed E-state index contributed by atoms with van der Waals surface area (Å²) in [5.74, 6) is 0.523. The third kappa shape index (κ3) is 4.87. The van der Waals surface area contributed by atoms with Gasteiger partial charge in [-0.25, -0.2) is 8.42 Å². The fourth-order valence-electron chi connectivity index (χ4n) is 3.21. The van der Waals surface area contributed by atoms with Gasteiger partial charge in [0.25, 0.3) is 5.91 Å². The van der Waals surface area contributed by atoms with Gasteiger partial charge in [-0.1, -0.05) is 18.2 Å². The molecule has 0 atom stereocenters. The molecule has 3 aromatic rings. The number of aromatic nitrogens is 2. The van der Waals surface area contributed by atoms with Gasteiger partial charge in [-0.2, -0.15) is 0 Å². The molecule has 1 aliphatic heterocycles. The van der Waals surface area contributed by atoms with Gasteiger partial charge in [0.1, 0.15) is 0 Å². The Balaban J connectivity index is 1.43. The number of nitrogens with zero attached hydrogens (tertiary/aromatic N) is 3. The van der Waals surface area contributed by atoms with Crippen molar-refractivity contribution in [2.45, 2.75) is 6.54 Å². The normalized spacial score (nSPS) is 16.4. The number of nitrogens with one attached hydrogen (secondary N) is 1. The van der Waals surface area contributed by atoms with Crippen LogP contribution in [0.15, 0.2) is 59.3 Å². The van der Waals surface area contributed by atoms with Crippen molar-refractivity contribution in [3.8, 4) is 11.5 Å². The van der Waals surface area contributed by atoms with Crippen LogP contribution >= 0.6 is 0 Å². The van der Waals surface area contributed by atoms with Gasteiger partial charge < -0.3 is 9.73 Å². The van der Waals surface area contributed by atoms with Crippen molar-refractivity contribution >= 4 is 21.4 Å². The molecular formula is C20H20N4O4S. The highest BCUT2D eigenvalue weighted by Crippen LogP contribution is 2.21. The van der Waals surface area contributed by atoms with E-state index in [9.17, 15) is 13.2 Å². The second-order valence-corrected chi connectivity index (χ2v) is 9.21. The van der Waals surface area contributed by atoms with Gasteiger partial charge in [-0.3, -0.25) is 9.69 Å². The largest absolute Gasteiger partial charge is 0.423 e. The number of amides is 1. The molecular weight excluding hydrogens is 392 g/mol. The van der Waals surface area contributed by atoms with Gasteiger partial charge in [0.15, 0.2) is 9.84 Å². The summed E-state index contributed by atoms with van der Waals surface area (Å²) in [6.07, 6.45) is 1.25. The van der Waals surface area contributed by atoms with E-state index in [2.05, 4.69) is 20.4 Å². The smallest absolute Gasteiger partial charge is 0.255 e. The molecule has 2 heterocycles. The van der Waals surface area contributed by atoms with Crippen LogP contribution in [0.25, 0.3) is 11.5 Å². The van der Waals surface area contributed by atoms with E-state index in [1.54, 1.807) is 24.3 Å². The highest BCUT2D eigenvalue weighted by atomic mass is 32.2. The third-order valence-electron chi connectivity index (χ3n) is 4.76. The van der Waals surface area contributed by atoms with Crippen LogP contribution in [0.2, 0.25) is 0 Å². The predicted molar refractivity (Wildman–Crippen MR) is 108 cm³/mol. The maximum atomic E-state index is 12.7. The first-order valence-corrected chi connectivity index (χ1v) is 11.0. The average Bonchev–Trinajstić information content (AvgIpc) is 3.25. The maximum Gasteiger partial charge on any atom is 0.255 e. The number of anilines is 1. The number of sulfone groups is 1. The van der Waals surface area contributed by atoms with Crippen molar-refractivity contribution < 1.29 is 17.6 Å². The van der Waals surface area contributed by atoms with E-state index in [1.165, 1.54) is 6.39 Å². The molecule has 0 radical (unpaired) electrons. The lowest BCUT2D eigenvalue weighted by Gasteiger charge is -2.26. The summed E-state index contributed by atoms with van der Waals surface area (Å²) in [5, 5.41) is 10.4. The van der Waals surface area contributed by atoms with Crippen molar-refractivity contribution in [3.63, 3.8) is 0 Å². The summed E-state index contributed by atoms with van der Waals surface area (Å²) in [5.41, 5.74) is 2.85. The predicted octanol–water partition coefficient (Wildman–Crippen LogP) is 2.22. The van der Waals surface area contributed by atoms with E-state index < -0.39 is 9.84 Å². The van der Waals surface area contributed by atoms with Gasteiger partial charge in [-0.15, -0.1) is 10.2 Å². The highest BCUT2D eigenvalue weighted by molar-refractivity contribution is 7.91. The van der Waals surface area contributed by atoms with E-state index in [4.69, 9.17) is 4.42 Å². The van der Waals surface area contributed by atoms with E-state index in [-0.39, 0.29) is 17.4 Å².